The molecule has 0 aliphatic heterocycles. The molecule has 3 N–H and O–H groups in total. The van der Waals surface area contributed by atoms with E-state index in [1.165, 1.54) is 0 Å². The minimum absolute atomic E-state index is 0.320. The smallest absolute Gasteiger partial charge is 0.138 e. The fourth-order valence-electron chi connectivity index (χ4n) is 1.81. The van der Waals surface area contributed by atoms with Crippen LogP contribution in [0.4, 0.5) is 11.5 Å². The molecule has 4 nitrogen and oxygen atoms in total. The molecule has 0 spiro atoms. The number of hydrogen-bond acceptors (Lipinski definition) is 3. The van der Waals surface area contributed by atoms with E-state index >= 15 is 0 Å². The molecule has 0 unspecified atom stereocenters. The molecular weight excluding hydrogens is 348 g/mol. The maximum Gasteiger partial charge on any atom is 0.138 e. The Morgan fingerprint density at radius 3 is 2.79 bits per heavy atom. The van der Waals surface area contributed by atoms with Crippen LogP contribution in [0, 0.1) is 6.92 Å². The lowest BCUT2D eigenvalue weighted by molar-refractivity contribution is 0.765. The van der Waals surface area contributed by atoms with E-state index < -0.39 is 0 Å². The topological polar surface area (TPSA) is 55.9 Å². The minimum Gasteiger partial charge on any atom is -0.389 e. The summed E-state index contributed by atoms with van der Waals surface area (Å²) in [7, 11) is 1.84. The fraction of sp³-hybridized carbons (Fsp3) is 0.167. The first kappa shape index (κ1) is 14.3. The number of hydrogen-bond donors (Lipinski definition) is 2. The van der Waals surface area contributed by atoms with E-state index in [0.29, 0.717) is 10.0 Å². The van der Waals surface area contributed by atoms with Crippen molar-refractivity contribution in [1.82, 2.24) is 9.78 Å². The van der Waals surface area contributed by atoms with Gasteiger partial charge in [0.25, 0.3) is 0 Å². The molecule has 19 heavy (non-hydrogen) atoms. The van der Waals surface area contributed by atoms with Gasteiger partial charge in [-0.1, -0.05) is 23.8 Å². The average Bonchev–Trinajstić information content (AvgIpc) is 2.59. The number of rotatable bonds is 3. The second kappa shape index (κ2) is 5.48. The zero-order chi connectivity index (χ0) is 14.2. The van der Waals surface area contributed by atoms with Gasteiger partial charge in [-0.3, -0.25) is 4.68 Å². The number of thiocarbonyl (C=S) groups is 1. The minimum atomic E-state index is 0.320. The third-order valence-corrected chi connectivity index (χ3v) is 4.07. The molecule has 1 aromatic heterocycles. The summed E-state index contributed by atoms with van der Waals surface area (Å²) < 4.78 is 2.53. The highest BCUT2D eigenvalue weighted by Crippen LogP contribution is 2.29. The Kier molecular flexibility index (Phi) is 4.13. The van der Waals surface area contributed by atoms with Crippen LogP contribution in [0.25, 0.3) is 0 Å². The Balaban J connectivity index is 2.43. The maximum atomic E-state index is 5.97. The summed E-state index contributed by atoms with van der Waals surface area (Å²) in [5.74, 6) is 0.763. The van der Waals surface area contributed by atoms with Gasteiger partial charge in [0.15, 0.2) is 0 Å². The van der Waals surface area contributed by atoms with E-state index in [0.717, 1.165) is 27.2 Å². The van der Waals surface area contributed by atoms with Crippen LogP contribution in [0.1, 0.15) is 11.3 Å². The summed E-state index contributed by atoms with van der Waals surface area (Å²) in [6.45, 7) is 1.87. The molecular formula is C12H12BrClN4S. The highest BCUT2D eigenvalue weighted by atomic mass is 79.9. The summed E-state index contributed by atoms with van der Waals surface area (Å²) >= 11 is 14.4. The zero-order valence-corrected chi connectivity index (χ0v) is 13.5. The molecule has 0 amide bonds. The number of benzene rings is 1. The van der Waals surface area contributed by atoms with Crippen LogP contribution in [0.15, 0.2) is 22.7 Å². The Morgan fingerprint density at radius 2 is 2.21 bits per heavy atom. The van der Waals surface area contributed by atoms with Crippen LogP contribution in [0.5, 0.6) is 0 Å². The van der Waals surface area contributed by atoms with Gasteiger partial charge in [0.1, 0.15) is 10.8 Å². The van der Waals surface area contributed by atoms with Crippen molar-refractivity contribution in [2.45, 2.75) is 6.92 Å². The van der Waals surface area contributed by atoms with Crippen molar-refractivity contribution in [3.8, 4) is 0 Å². The monoisotopic (exact) mass is 358 g/mol. The Morgan fingerprint density at radius 1 is 1.53 bits per heavy atom. The van der Waals surface area contributed by atoms with Crippen LogP contribution in [0.3, 0.4) is 0 Å². The largest absolute Gasteiger partial charge is 0.389 e. The van der Waals surface area contributed by atoms with Crippen molar-refractivity contribution in [1.29, 1.82) is 0 Å². The summed E-state index contributed by atoms with van der Waals surface area (Å²) in [5.41, 5.74) is 8.17. The number of nitrogens with zero attached hydrogens (tertiary/aromatic N) is 2. The Bertz CT molecular complexity index is 653. The van der Waals surface area contributed by atoms with Gasteiger partial charge in [0.2, 0.25) is 0 Å². The standard InChI is InChI=1S/C12H12BrClN4S/c1-6-10(11(15)19)12(18(2)17-6)16-7-3-4-9(14)8(13)5-7/h3-5,16H,1-2H3,(H2,15,19). The van der Waals surface area contributed by atoms with Gasteiger partial charge in [0.05, 0.1) is 16.3 Å². The van der Waals surface area contributed by atoms with Crippen molar-refractivity contribution in [3.05, 3.63) is 39.0 Å². The molecule has 0 fully saturated rings. The molecule has 0 aliphatic carbocycles. The molecule has 100 valence electrons. The molecule has 2 aromatic rings. The summed E-state index contributed by atoms with van der Waals surface area (Å²) in [5, 5.41) is 8.23. The van der Waals surface area contributed by atoms with E-state index in [4.69, 9.17) is 29.6 Å². The van der Waals surface area contributed by atoms with Crippen LogP contribution >= 0.6 is 39.7 Å². The van der Waals surface area contributed by atoms with Crippen LogP contribution in [-0.4, -0.2) is 14.8 Å². The first-order valence-electron chi connectivity index (χ1n) is 5.45. The summed E-state index contributed by atoms with van der Waals surface area (Å²) in [6.07, 6.45) is 0. The number of anilines is 2. The van der Waals surface area contributed by atoms with Crippen molar-refractivity contribution >= 4 is 56.2 Å². The van der Waals surface area contributed by atoms with E-state index in [-0.39, 0.29) is 0 Å². The van der Waals surface area contributed by atoms with Gasteiger partial charge >= 0.3 is 0 Å². The first-order chi connectivity index (χ1) is 8.90. The molecule has 1 aromatic carbocycles. The first-order valence-corrected chi connectivity index (χ1v) is 7.03. The predicted octanol–water partition coefficient (Wildman–Crippen LogP) is 3.52. The maximum absolute atomic E-state index is 5.97. The second-order valence-corrected chi connectivity index (χ2v) is 5.75. The quantitative estimate of drug-likeness (QED) is 0.823. The van der Waals surface area contributed by atoms with Gasteiger partial charge in [-0.25, -0.2) is 0 Å². The highest BCUT2D eigenvalue weighted by Gasteiger charge is 2.15. The zero-order valence-electron chi connectivity index (χ0n) is 10.4. The van der Waals surface area contributed by atoms with E-state index in [1.54, 1.807) is 10.7 Å². The number of aromatic nitrogens is 2. The van der Waals surface area contributed by atoms with Gasteiger partial charge < -0.3 is 11.1 Å². The lowest BCUT2D eigenvalue weighted by atomic mass is 10.2. The van der Waals surface area contributed by atoms with Crippen molar-refractivity contribution in [2.75, 3.05) is 5.32 Å². The lowest BCUT2D eigenvalue weighted by Gasteiger charge is -2.10. The fourth-order valence-corrected chi connectivity index (χ4v) is 2.55. The molecule has 1 heterocycles. The Labute approximate surface area is 130 Å². The van der Waals surface area contributed by atoms with Gasteiger partial charge in [-0.15, -0.1) is 0 Å². The van der Waals surface area contributed by atoms with Gasteiger partial charge in [-0.05, 0) is 41.1 Å². The second-order valence-electron chi connectivity index (χ2n) is 4.05. The van der Waals surface area contributed by atoms with Crippen molar-refractivity contribution in [2.24, 2.45) is 12.8 Å². The van der Waals surface area contributed by atoms with Crippen LogP contribution < -0.4 is 11.1 Å². The molecule has 0 aliphatic rings. The van der Waals surface area contributed by atoms with E-state index in [2.05, 4.69) is 26.3 Å². The van der Waals surface area contributed by atoms with Crippen molar-refractivity contribution < 1.29 is 0 Å². The molecule has 7 heteroatoms. The van der Waals surface area contributed by atoms with Crippen LogP contribution in [-0.2, 0) is 7.05 Å². The van der Waals surface area contributed by atoms with E-state index in [1.807, 2.05) is 26.1 Å². The number of halogens is 2. The molecule has 0 radical (unpaired) electrons. The summed E-state index contributed by atoms with van der Waals surface area (Å²) in [6, 6.07) is 5.56. The van der Waals surface area contributed by atoms with Crippen LogP contribution in [0.2, 0.25) is 5.02 Å². The lowest BCUT2D eigenvalue weighted by Crippen LogP contribution is -2.12. The van der Waals surface area contributed by atoms with Gasteiger partial charge in [-0.2, -0.15) is 5.10 Å². The van der Waals surface area contributed by atoms with Gasteiger partial charge in [0, 0.05) is 17.2 Å². The molecule has 0 bridgehead atoms. The number of nitrogens with two attached hydrogens (primary N) is 1. The third-order valence-electron chi connectivity index (χ3n) is 2.65. The predicted molar refractivity (Wildman–Crippen MR) is 86.3 cm³/mol. The summed E-state index contributed by atoms with van der Waals surface area (Å²) in [4.78, 5) is 0.320. The number of nitrogens with one attached hydrogen (secondary N) is 1. The molecule has 2 rings (SSSR count). The third kappa shape index (κ3) is 2.91. The molecule has 0 atom stereocenters. The normalized spacial score (nSPS) is 10.5. The van der Waals surface area contributed by atoms with E-state index in [9.17, 15) is 0 Å². The highest BCUT2D eigenvalue weighted by molar-refractivity contribution is 9.10. The average molecular weight is 360 g/mol. The van der Waals surface area contributed by atoms with Crippen molar-refractivity contribution in [3.63, 3.8) is 0 Å². The molecule has 0 saturated heterocycles. The molecule has 0 saturated carbocycles. The Hall–Kier alpha value is -1.11. The number of aryl methyl sites for hydroxylation is 2. The SMILES string of the molecule is Cc1nn(C)c(Nc2ccc(Cl)c(Br)c2)c1C(N)=S.